The number of carbonyl (C=O) groups is 1. The zero-order valence-electron chi connectivity index (χ0n) is 17.3. The van der Waals surface area contributed by atoms with Crippen LogP contribution < -0.4 is 14.9 Å². The molecule has 0 saturated carbocycles. The number of carbonyl (C=O) groups excluding carboxylic acids is 1. The Kier molecular flexibility index (Phi) is 9.55. The molecule has 0 heterocycles. The van der Waals surface area contributed by atoms with E-state index in [1.54, 1.807) is 6.21 Å². The number of hydrogen-bond acceptors (Lipinski definition) is 6. The van der Waals surface area contributed by atoms with Gasteiger partial charge in [0.1, 0.15) is 4.90 Å². The van der Waals surface area contributed by atoms with Crippen LogP contribution in [-0.4, -0.2) is 27.1 Å². The molecule has 174 valence electrons. The van der Waals surface area contributed by atoms with Crippen LogP contribution in [0.4, 0.5) is 5.69 Å². The van der Waals surface area contributed by atoms with Crippen LogP contribution in [0.1, 0.15) is 22.8 Å². The minimum Gasteiger partial charge on any atom is -0.385 e. The van der Waals surface area contributed by atoms with Gasteiger partial charge >= 0.3 is 0 Å². The number of nitrogens with zero attached hydrogens (tertiary/aromatic N) is 1. The molecule has 0 aliphatic heterocycles. The average molecular weight is 529 g/mol. The van der Waals surface area contributed by atoms with Gasteiger partial charge in [-0.25, -0.2) is 13.1 Å². The second kappa shape index (κ2) is 11.9. The van der Waals surface area contributed by atoms with Gasteiger partial charge in [0.15, 0.2) is 5.75 Å². The van der Waals surface area contributed by atoms with E-state index in [-0.39, 0.29) is 32.9 Å². The van der Waals surface area contributed by atoms with Crippen molar-refractivity contribution in [1.82, 2.24) is 4.72 Å². The molecule has 3 rings (SSSR count). The van der Waals surface area contributed by atoms with Crippen LogP contribution in [0.3, 0.4) is 0 Å². The summed E-state index contributed by atoms with van der Waals surface area (Å²) in [6.07, 6.45) is 1.55. The zero-order valence-corrected chi connectivity index (χ0v) is 20.4. The van der Waals surface area contributed by atoms with Gasteiger partial charge in [0, 0.05) is 22.8 Å². The van der Waals surface area contributed by atoms with E-state index in [1.165, 1.54) is 42.5 Å². The molecule has 0 aliphatic carbocycles. The number of nitrogens with one attached hydrogen (secondary N) is 2. The van der Waals surface area contributed by atoms with E-state index < -0.39 is 15.9 Å². The third-order valence-electron chi connectivity index (χ3n) is 4.18. The molecule has 7 nitrogen and oxygen atoms in total. The molecule has 1 amide bonds. The summed E-state index contributed by atoms with van der Waals surface area (Å²) in [6, 6.07) is 17.4. The van der Waals surface area contributed by atoms with Gasteiger partial charge in [0.2, 0.25) is 0 Å². The minimum atomic E-state index is -4.17. The third-order valence-corrected chi connectivity index (χ3v) is 6.23. The number of amides is 1. The van der Waals surface area contributed by atoms with Gasteiger partial charge in [0.05, 0.1) is 11.2 Å². The van der Waals surface area contributed by atoms with Gasteiger partial charge in [-0.05, 0) is 67.1 Å². The third kappa shape index (κ3) is 7.36. The van der Waals surface area contributed by atoms with E-state index in [9.17, 15) is 13.2 Å². The predicted octanol–water partition coefficient (Wildman–Crippen LogP) is 5.38. The van der Waals surface area contributed by atoms with E-state index in [0.29, 0.717) is 5.75 Å². The van der Waals surface area contributed by atoms with Crippen molar-refractivity contribution in [3.05, 3.63) is 87.9 Å². The van der Waals surface area contributed by atoms with Crippen molar-refractivity contribution < 1.29 is 18.0 Å². The van der Waals surface area contributed by atoms with Crippen LogP contribution in [-0.2, 0) is 10.0 Å². The lowest BCUT2D eigenvalue weighted by Gasteiger charge is -2.09. The average Bonchev–Trinajstić information content (AvgIpc) is 2.75. The number of sulfonamides is 1. The van der Waals surface area contributed by atoms with Gasteiger partial charge in [-0.15, -0.1) is 12.4 Å². The van der Waals surface area contributed by atoms with Crippen molar-refractivity contribution in [2.45, 2.75) is 11.8 Å². The topological polar surface area (TPSA) is 96.9 Å². The maximum Gasteiger partial charge on any atom is 0.265 e. The highest BCUT2D eigenvalue weighted by Gasteiger charge is 2.21. The molecule has 0 atom stereocenters. The van der Waals surface area contributed by atoms with Crippen molar-refractivity contribution in [1.29, 1.82) is 0 Å². The quantitative estimate of drug-likeness (QED) is 0.302. The molecular weight excluding hydrogens is 509 g/mol. The van der Waals surface area contributed by atoms with E-state index >= 15 is 0 Å². The maximum absolute atomic E-state index is 12.4. The molecule has 0 unspecified atom stereocenters. The molecule has 0 fully saturated rings. The normalized spacial score (nSPS) is 11.0. The first-order valence-electron chi connectivity index (χ1n) is 9.45. The van der Waals surface area contributed by atoms with Crippen molar-refractivity contribution in [3.63, 3.8) is 0 Å². The fraction of sp³-hybridized carbons (Fsp3) is 0.0909. The molecule has 2 N–H and O–H groups in total. The van der Waals surface area contributed by atoms with E-state index in [4.69, 9.17) is 28.0 Å². The number of benzene rings is 3. The number of halogens is 3. The van der Waals surface area contributed by atoms with Gasteiger partial charge in [-0.3, -0.25) is 4.79 Å². The zero-order chi connectivity index (χ0) is 23.1. The summed E-state index contributed by atoms with van der Waals surface area (Å²) in [5.41, 5.74) is 1.99. The Labute approximate surface area is 208 Å². The second-order valence-electron chi connectivity index (χ2n) is 6.51. The molecular formula is C22H20Cl3N3O4S. The van der Waals surface area contributed by atoms with Gasteiger partial charge in [-0.2, -0.15) is 0 Å². The van der Waals surface area contributed by atoms with Crippen LogP contribution in [0.15, 0.2) is 76.8 Å². The Morgan fingerprint density at radius 1 is 1.03 bits per heavy atom. The van der Waals surface area contributed by atoms with Crippen molar-refractivity contribution in [2.75, 3.05) is 11.9 Å². The highest BCUT2D eigenvalue weighted by atomic mass is 35.5. The van der Waals surface area contributed by atoms with Gasteiger partial charge in [0.25, 0.3) is 15.9 Å². The smallest absolute Gasteiger partial charge is 0.265 e. The SMILES string of the molecule is CCNc1ccc(/C=N/Oc2ccc(C(=O)NS(=O)(=O)c3ccc(Cl)cc3Cl)cc2)cc1.Cl. The predicted molar refractivity (Wildman–Crippen MR) is 134 cm³/mol. The van der Waals surface area contributed by atoms with Crippen molar-refractivity contribution in [3.8, 4) is 5.75 Å². The first-order chi connectivity index (χ1) is 15.3. The molecule has 3 aromatic carbocycles. The minimum absolute atomic E-state index is 0. The van der Waals surface area contributed by atoms with Crippen molar-refractivity contribution in [2.24, 2.45) is 5.16 Å². The Morgan fingerprint density at radius 3 is 2.30 bits per heavy atom. The molecule has 11 heteroatoms. The van der Waals surface area contributed by atoms with Crippen LogP contribution >= 0.6 is 35.6 Å². The number of oxime groups is 1. The Morgan fingerprint density at radius 2 is 1.70 bits per heavy atom. The first kappa shape index (κ1) is 26.5. The van der Waals surface area contributed by atoms with E-state index in [0.717, 1.165) is 17.8 Å². The lowest BCUT2D eigenvalue weighted by Crippen LogP contribution is -2.30. The summed E-state index contributed by atoms with van der Waals surface area (Å²) in [5.74, 6) is -0.433. The van der Waals surface area contributed by atoms with E-state index in [2.05, 4.69) is 10.5 Å². The molecule has 0 aliphatic rings. The molecule has 0 spiro atoms. The molecule has 0 radical (unpaired) electrons. The Balaban J connectivity index is 0.00000385. The van der Waals surface area contributed by atoms with Crippen LogP contribution in [0.25, 0.3) is 0 Å². The highest BCUT2D eigenvalue weighted by molar-refractivity contribution is 7.90. The summed E-state index contributed by atoms with van der Waals surface area (Å²) in [5, 5.41) is 7.31. The lowest BCUT2D eigenvalue weighted by atomic mass is 10.2. The molecule has 3 aromatic rings. The lowest BCUT2D eigenvalue weighted by molar-refractivity contribution is 0.0981. The van der Waals surface area contributed by atoms with E-state index in [1.807, 2.05) is 35.9 Å². The van der Waals surface area contributed by atoms with Crippen LogP contribution in [0, 0.1) is 0 Å². The summed E-state index contributed by atoms with van der Waals surface area (Å²) in [6.45, 7) is 2.86. The van der Waals surface area contributed by atoms with Crippen molar-refractivity contribution >= 4 is 63.4 Å². The summed E-state index contributed by atoms with van der Waals surface area (Å²) < 4.78 is 26.9. The highest BCUT2D eigenvalue weighted by Crippen LogP contribution is 2.25. The second-order valence-corrected chi connectivity index (χ2v) is 9.01. The maximum atomic E-state index is 12.4. The Hall–Kier alpha value is -2.78. The number of rotatable bonds is 8. The molecule has 0 saturated heterocycles. The largest absolute Gasteiger partial charge is 0.385 e. The summed E-state index contributed by atoms with van der Waals surface area (Å²) in [7, 11) is -4.17. The van der Waals surface area contributed by atoms with Gasteiger partial charge in [-0.1, -0.05) is 40.5 Å². The first-order valence-corrected chi connectivity index (χ1v) is 11.7. The summed E-state index contributed by atoms with van der Waals surface area (Å²) in [4.78, 5) is 17.4. The monoisotopic (exact) mass is 527 g/mol. The molecule has 0 aromatic heterocycles. The molecule has 33 heavy (non-hydrogen) atoms. The van der Waals surface area contributed by atoms with Crippen LogP contribution in [0.2, 0.25) is 10.0 Å². The standard InChI is InChI=1S/C22H19Cl2N3O4S.ClH/c1-2-25-18-8-3-15(4-9-18)14-26-31-19-10-5-16(6-11-19)22(28)27-32(29,30)21-12-7-17(23)13-20(21)24;/h3-14,25H,2H2,1H3,(H,27,28);1H/b26-14+;. The summed E-state index contributed by atoms with van der Waals surface area (Å²) >= 11 is 11.7. The number of hydrogen-bond donors (Lipinski definition) is 2. The molecule has 0 bridgehead atoms. The fourth-order valence-electron chi connectivity index (χ4n) is 2.64. The Bertz CT molecular complexity index is 1230. The van der Waals surface area contributed by atoms with Gasteiger partial charge < -0.3 is 10.2 Å². The van der Waals surface area contributed by atoms with Crippen LogP contribution in [0.5, 0.6) is 5.75 Å². The number of anilines is 1. The fourth-order valence-corrected chi connectivity index (χ4v) is 4.38.